The molecule has 3 N–H and O–H groups in total. The zero-order valence-electron chi connectivity index (χ0n) is 33.4. The number of nitrogens with one attached hydrogen (secondary N) is 1. The fraction of sp³-hybridized carbons (Fsp3) is 0.450. The van der Waals surface area contributed by atoms with Crippen LogP contribution in [0.25, 0.3) is 5.52 Å². The highest BCUT2D eigenvalue weighted by atomic mass is 31.2. The number of rotatable bonds is 18. The summed E-state index contributed by atoms with van der Waals surface area (Å²) in [6, 6.07) is 21.0. The minimum absolute atomic E-state index is 0.00415. The second-order valence-electron chi connectivity index (χ2n) is 14.9. The Hall–Kier alpha value is -5.37. The van der Waals surface area contributed by atoms with E-state index in [1.54, 1.807) is 90.1 Å². The molecule has 0 bridgehead atoms. The maximum absolute atomic E-state index is 15.0. The molecule has 0 saturated carbocycles. The number of para-hydroxylation sites is 1. The number of fused-ring (bicyclic) bond motifs is 1. The van der Waals surface area contributed by atoms with Gasteiger partial charge in [0.05, 0.1) is 29.7 Å². The van der Waals surface area contributed by atoms with Gasteiger partial charge in [0.1, 0.15) is 42.4 Å². The highest BCUT2D eigenvalue weighted by molar-refractivity contribution is 7.52. The number of ether oxygens (including phenoxy) is 5. The third-order valence-electron chi connectivity index (χ3n) is 9.24. The third-order valence-corrected chi connectivity index (χ3v) is 10.8. The number of anilines is 1. The number of nitriles is 1. The van der Waals surface area contributed by atoms with E-state index in [0.717, 1.165) is 0 Å². The number of hydrogen-bond acceptors (Lipinski definition) is 15. The Labute approximate surface area is 336 Å². The smallest absolute Gasteiger partial charge is 0.459 e. The van der Waals surface area contributed by atoms with Crippen LogP contribution in [0.4, 0.5) is 5.82 Å². The predicted octanol–water partition coefficient (Wildman–Crippen LogP) is 4.94. The molecule has 0 spiro atoms. The average Bonchev–Trinajstić information content (AvgIpc) is 3.77. The number of methoxy groups -OCH3 is 1. The molecule has 0 aliphatic carbocycles. The Balaban J connectivity index is 1.57. The van der Waals surface area contributed by atoms with E-state index in [2.05, 4.69) is 21.2 Å². The lowest BCUT2D eigenvalue weighted by atomic mass is 9.92. The number of benzene rings is 2. The van der Waals surface area contributed by atoms with Crippen molar-refractivity contribution < 1.29 is 51.7 Å². The van der Waals surface area contributed by atoms with E-state index in [0.29, 0.717) is 11.1 Å². The molecule has 58 heavy (non-hydrogen) atoms. The summed E-state index contributed by atoms with van der Waals surface area (Å²) in [5, 5.41) is 18.0. The van der Waals surface area contributed by atoms with Crippen molar-refractivity contribution in [2.45, 2.75) is 83.5 Å². The number of carbonyl (C=O) groups is 3. The largest absolute Gasteiger partial charge is 0.461 e. The van der Waals surface area contributed by atoms with Gasteiger partial charge in [0.25, 0.3) is 0 Å². The lowest BCUT2D eigenvalue weighted by Gasteiger charge is -2.29. The molecular formula is C40H49N6O11P. The van der Waals surface area contributed by atoms with Crippen molar-refractivity contribution >= 4 is 37.0 Å². The molecule has 1 aliphatic heterocycles. The first-order valence-corrected chi connectivity index (χ1v) is 20.2. The predicted molar refractivity (Wildman–Crippen MR) is 209 cm³/mol. The van der Waals surface area contributed by atoms with Crippen molar-refractivity contribution in [3.63, 3.8) is 0 Å². The van der Waals surface area contributed by atoms with E-state index in [1.807, 2.05) is 6.07 Å². The topological polar surface area (TPSA) is 225 Å². The molecular weight excluding hydrogens is 771 g/mol. The van der Waals surface area contributed by atoms with Gasteiger partial charge in [0, 0.05) is 7.11 Å². The van der Waals surface area contributed by atoms with Crippen molar-refractivity contribution in [1.29, 1.82) is 5.26 Å². The minimum atomic E-state index is -4.65. The van der Waals surface area contributed by atoms with E-state index in [4.69, 9.17) is 38.5 Å². The van der Waals surface area contributed by atoms with Crippen molar-refractivity contribution in [3.05, 3.63) is 90.4 Å². The van der Waals surface area contributed by atoms with Crippen molar-refractivity contribution in [2.24, 2.45) is 11.8 Å². The van der Waals surface area contributed by atoms with E-state index in [1.165, 1.54) is 36.2 Å². The van der Waals surface area contributed by atoms with Crippen LogP contribution in [0.1, 0.15) is 52.8 Å². The fourth-order valence-corrected chi connectivity index (χ4v) is 7.34. The Kier molecular flexibility index (Phi) is 13.9. The lowest BCUT2D eigenvalue weighted by molar-refractivity contribution is -0.173. The fourth-order valence-electron chi connectivity index (χ4n) is 5.84. The molecule has 4 aromatic rings. The van der Waals surface area contributed by atoms with Crippen LogP contribution in [-0.2, 0) is 59.2 Å². The van der Waals surface area contributed by atoms with Crippen LogP contribution in [0.15, 0.2) is 79.1 Å². The van der Waals surface area contributed by atoms with Gasteiger partial charge in [0.15, 0.2) is 18.0 Å². The normalized spacial score (nSPS) is 20.9. The molecule has 0 amide bonds. The number of esters is 3. The molecule has 310 valence electrons. The van der Waals surface area contributed by atoms with E-state index >= 15 is 4.57 Å². The summed E-state index contributed by atoms with van der Waals surface area (Å²) in [6.07, 6.45) is -3.37. The summed E-state index contributed by atoms with van der Waals surface area (Å²) in [6.45, 7) is 9.05. The van der Waals surface area contributed by atoms with Gasteiger partial charge < -0.3 is 33.9 Å². The molecule has 5 rings (SSSR count). The Morgan fingerprint density at radius 3 is 2.24 bits per heavy atom. The molecule has 1 unspecified atom stereocenters. The maximum atomic E-state index is 15.0. The zero-order chi connectivity index (χ0) is 42.3. The van der Waals surface area contributed by atoms with Crippen molar-refractivity contribution in [3.8, 4) is 11.8 Å². The van der Waals surface area contributed by atoms with Crippen LogP contribution < -0.4 is 15.3 Å². The molecule has 17 nitrogen and oxygen atoms in total. The molecule has 6 atom stereocenters. The van der Waals surface area contributed by atoms with Gasteiger partial charge in [-0.3, -0.25) is 18.9 Å². The number of nitrogen functional groups attached to an aromatic ring is 1. The van der Waals surface area contributed by atoms with Crippen molar-refractivity contribution in [1.82, 2.24) is 19.7 Å². The van der Waals surface area contributed by atoms with Gasteiger partial charge in [-0.25, -0.2) is 14.1 Å². The molecule has 18 heteroatoms. The molecule has 1 aliphatic rings. The first-order chi connectivity index (χ1) is 27.5. The second-order valence-corrected chi connectivity index (χ2v) is 16.6. The summed E-state index contributed by atoms with van der Waals surface area (Å²) in [5.41, 5.74) is 4.17. The van der Waals surface area contributed by atoms with Gasteiger partial charge >= 0.3 is 25.7 Å². The summed E-state index contributed by atoms with van der Waals surface area (Å²) >= 11 is 0. The number of nitrogens with two attached hydrogens (primary N) is 1. The van der Waals surface area contributed by atoms with Gasteiger partial charge in [-0.15, -0.1) is 0 Å². The molecule has 3 heterocycles. The molecule has 1 fully saturated rings. The monoisotopic (exact) mass is 820 g/mol. The minimum Gasteiger partial charge on any atom is -0.461 e. The van der Waals surface area contributed by atoms with Crippen LogP contribution in [0.3, 0.4) is 0 Å². The molecule has 2 aromatic heterocycles. The molecule has 2 aromatic carbocycles. The van der Waals surface area contributed by atoms with Crippen LogP contribution in [0.2, 0.25) is 0 Å². The van der Waals surface area contributed by atoms with Crippen molar-refractivity contribution in [2.75, 3.05) is 26.1 Å². The van der Waals surface area contributed by atoms with Crippen LogP contribution in [0, 0.1) is 23.2 Å². The Morgan fingerprint density at radius 1 is 0.983 bits per heavy atom. The second kappa shape index (κ2) is 18.5. The number of nitrogens with zero attached hydrogens (tertiary/aromatic N) is 4. The first kappa shape index (κ1) is 43.7. The van der Waals surface area contributed by atoms with Crippen LogP contribution in [0.5, 0.6) is 5.75 Å². The number of hydrogen-bond donors (Lipinski definition) is 2. The molecule has 0 radical (unpaired) electrons. The number of carbonyl (C=O) groups excluding carboxylic acids is 3. The van der Waals surface area contributed by atoms with Crippen LogP contribution in [-0.4, -0.2) is 82.8 Å². The van der Waals surface area contributed by atoms with Crippen LogP contribution >= 0.6 is 7.75 Å². The summed E-state index contributed by atoms with van der Waals surface area (Å²) in [4.78, 5) is 44.4. The summed E-state index contributed by atoms with van der Waals surface area (Å²) in [5.74, 6) is -3.35. The highest BCUT2D eigenvalue weighted by Gasteiger charge is 2.63. The van der Waals surface area contributed by atoms with E-state index in [9.17, 15) is 19.6 Å². The Bertz CT molecular complexity index is 2140. The SMILES string of the molecule is COC(C)(C)COC(=O)[C@H](Cc1ccccc1)NP(=O)(OC[C@H]1O[C@@](C#N)(c2ccc3c(N)ncnn23)[C@H](OC(=O)C(C)C)[C@@H]1OC(=O)C(C)C)Oc1ccccc1. The third kappa shape index (κ3) is 10.2. The van der Waals surface area contributed by atoms with E-state index in [-0.39, 0.29) is 30.3 Å². The quantitative estimate of drug-likeness (QED) is 0.0770. The summed E-state index contributed by atoms with van der Waals surface area (Å²) in [7, 11) is -3.16. The number of aromatic nitrogens is 3. The van der Waals surface area contributed by atoms with Gasteiger partial charge in [0.2, 0.25) is 5.60 Å². The zero-order valence-corrected chi connectivity index (χ0v) is 34.3. The first-order valence-electron chi connectivity index (χ1n) is 18.6. The maximum Gasteiger partial charge on any atom is 0.459 e. The van der Waals surface area contributed by atoms with Gasteiger partial charge in [-0.05, 0) is 50.1 Å². The van der Waals surface area contributed by atoms with E-state index < -0.39 is 79.7 Å². The highest BCUT2D eigenvalue weighted by Crippen LogP contribution is 2.49. The van der Waals surface area contributed by atoms with Gasteiger partial charge in [-0.2, -0.15) is 15.4 Å². The van der Waals surface area contributed by atoms with Gasteiger partial charge in [-0.1, -0.05) is 76.2 Å². The average molecular weight is 821 g/mol. The Morgan fingerprint density at radius 2 is 1.62 bits per heavy atom. The molecule has 1 saturated heterocycles. The summed E-state index contributed by atoms with van der Waals surface area (Å²) < 4.78 is 57.9. The standard InChI is InChI=1S/C40H49N6O11P/c1-25(2)36(47)54-33-31(56-40(22-41,34(33)55-37(48)26(3)4)32-19-18-30-35(42)43-24-44-46(30)32)21-53-58(50,57-28-16-12-9-13-17-28)45-29(20-27-14-10-8-11-15-27)38(49)52-23-39(5,6)51-7/h8-19,24-26,29,31,33-34H,20-21,23H2,1-7H3,(H,45,50)(H2,42,43,44)/t29-,31+,33+,34+,40-,58?/m0/s1. The lowest BCUT2D eigenvalue weighted by Crippen LogP contribution is -2.47.